The minimum absolute atomic E-state index is 0.0152. The monoisotopic (exact) mass is 515 g/mol. The summed E-state index contributed by atoms with van der Waals surface area (Å²) in [6.45, 7) is 10.5. The smallest absolute Gasteiger partial charge is 0.390 e. The number of alkyl halides is 3. The van der Waals surface area contributed by atoms with Crippen molar-refractivity contribution < 1.29 is 27.9 Å². The maximum Gasteiger partial charge on any atom is 0.416 e. The Labute approximate surface area is 214 Å². The van der Waals surface area contributed by atoms with Gasteiger partial charge in [0, 0.05) is 32.5 Å². The molecule has 1 rings (SSSR count). The second-order valence-corrected chi connectivity index (χ2v) is 9.76. The SMILES string of the molecule is CCCN(CCC)C(=O)CCCC(=O)N[C@@H](Cc1cccc(C(F)(F)F)c1)[C@H](O)CNCCC(C)C. The molecular formula is C27H44F3N3O3. The molecule has 0 bridgehead atoms. The predicted molar refractivity (Wildman–Crippen MR) is 136 cm³/mol. The molecule has 36 heavy (non-hydrogen) atoms. The highest BCUT2D eigenvalue weighted by molar-refractivity contribution is 5.79. The molecule has 0 aliphatic heterocycles. The number of benzene rings is 1. The molecule has 0 aromatic heterocycles. The van der Waals surface area contributed by atoms with Gasteiger partial charge in [0.1, 0.15) is 0 Å². The Morgan fingerprint density at radius 2 is 1.75 bits per heavy atom. The first kappa shape index (κ1) is 31.9. The van der Waals surface area contributed by atoms with Gasteiger partial charge in [-0.1, -0.05) is 45.9 Å². The molecular weight excluding hydrogens is 471 g/mol. The van der Waals surface area contributed by atoms with Crippen molar-refractivity contribution in [1.29, 1.82) is 0 Å². The summed E-state index contributed by atoms with van der Waals surface area (Å²) in [5, 5.41) is 16.7. The average Bonchev–Trinajstić information content (AvgIpc) is 2.80. The first-order valence-electron chi connectivity index (χ1n) is 13.1. The Balaban J connectivity index is 2.78. The quantitative estimate of drug-likeness (QED) is 0.266. The molecule has 1 aromatic carbocycles. The summed E-state index contributed by atoms with van der Waals surface area (Å²) in [6.07, 6.45) is -2.02. The number of aliphatic hydroxyl groups excluding tert-OH is 1. The first-order valence-corrected chi connectivity index (χ1v) is 13.1. The standard InChI is InChI=1S/C27H44F3N3O3/c1-5-15-33(16-6-2)26(36)12-8-11-25(35)32-23(24(34)19-31-14-13-20(3)4)18-21-9-7-10-22(17-21)27(28,29)30/h7,9-10,17,20,23-24,31,34H,5-6,8,11-16,18-19H2,1-4H3,(H,32,35)/t23-,24+/m0/s1. The highest BCUT2D eigenvalue weighted by atomic mass is 19.4. The van der Waals surface area contributed by atoms with E-state index in [0.717, 1.165) is 31.4 Å². The van der Waals surface area contributed by atoms with Crippen molar-refractivity contribution in [2.45, 2.75) is 91.0 Å². The van der Waals surface area contributed by atoms with Crippen LogP contribution in [0.25, 0.3) is 0 Å². The molecule has 9 heteroatoms. The molecule has 6 nitrogen and oxygen atoms in total. The summed E-state index contributed by atoms with van der Waals surface area (Å²) in [5.41, 5.74) is -0.391. The zero-order chi connectivity index (χ0) is 27.1. The van der Waals surface area contributed by atoms with Crippen molar-refractivity contribution in [2.75, 3.05) is 26.2 Å². The Hall–Kier alpha value is -2.13. The number of nitrogens with one attached hydrogen (secondary N) is 2. The van der Waals surface area contributed by atoms with Crippen LogP contribution in [0.15, 0.2) is 24.3 Å². The number of hydrogen-bond donors (Lipinski definition) is 3. The summed E-state index contributed by atoms with van der Waals surface area (Å²) in [7, 11) is 0. The van der Waals surface area contributed by atoms with Gasteiger partial charge in [-0.2, -0.15) is 13.2 Å². The molecule has 0 unspecified atom stereocenters. The number of rotatable bonds is 17. The number of amides is 2. The Bertz CT molecular complexity index is 781. The first-order chi connectivity index (χ1) is 17.0. The van der Waals surface area contributed by atoms with Crippen molar-refractivity contribution in [3.05, 3.63) is 35.4 Å². The molecule has 2 atom stereocenters. The van der Waals surface area contributed by atoms with Gasteiger partial charge < -0.3 is 20.6 Å². The second-order valence-electron chi connectivity index (χ2n) is 9.76. The van der Waals surface area contributed by atoms with Gasteiger partial charge in [0.25, 0.3) is 0 Å². The fourth-order valence-corrected chi connectivity index (χ4v) is 3.93. The lowest BCUT2D eigenvalue weighted by Gasteiger charge is -2.25. The number of nitrogens with zero attached hydrogens (tertiary/aromatic N) is 1. The average molecular weight is 516 g/mol. The summed E-state index contributed by atoms with van der Waals surface area (Å²) in [4.78, 5) is 26.9. The fourth-order valence-electron chi connectivity index (χ4n) is 3.93. The molecule has 0 heterocycles. The molecule has 3 N–H and O–H groups in total. The highest BCUT2D eigenvalue weighted by Crippen LogP contribution is 2.29. The molecule has 0 saturated heterocycles. The van der Waals surface area contributed by atoms with Crippen LogP contribution in [0, 0.1) is 5.92 Å². The normalized spacial score (nSPS) is 13.5. The van der Waals surface area contributed by atoms with Crippen LogP contribution in [0.1, 0.15) is 77.3 Å². The molecule has 2 amide bonds. The van der Waals surface area contributed by atoms with Gasteiger partial charge in [0.15, 0.2) is 0 Å². The maximum atomic E-state index is 13.1. The van der Waals surface area contributed by atoms with E-state index in [4.69, 9.17) is 0 Å². The topological polar surface area (TPSA) is 81.7 Å². The zero-order valence-corrected chi connectivity index (χ0v) is 22.2. The number of halogens is 3. The summed E-state index contributed by atoms with van der Waals surface area (Å²) in [6, 6.07) is 4.17. The van der Waals surface area contributed by atoms with Gasteiger partial charge in [-0.15, -0.1) is 0 Å². The van der Waals surface area contributed by atoms with Crippen LogP contribution < -0.4 is 10.6 Å². The van der Waals surface area contributed by atoms with Crippen molar-refractivity contribution in [3.8, 4) is 0 Å². The van der Waals surface area contributed by atoms with E-state index in [9.17, 15) is 27.9 Å². The molecule has 0 saturated carbocycles. The van der Waals surface area contributed by atoms with Crippen LogP contribution >= 0.6 is 0 Å². The third-order valence-electron chi connectivity index (χ3n) is 5.91. The van der Waals surface area contributed by atoms with Crippen molar-refractivity contribution in [3.63, 3.8) is 0 Å². The predicted octanol–water partition coefficient (Wildman–Crippen LogP) is 4.55. The summed E-state index contributed by atoms with van der Waals surface area (Å²) in [5.74, 6) is 0.170. The van der Waals surface area contributed by atoms with E-state index < -0.39 is 23.9 Å². The molecule has 0 aliphatic carbocycles. The van der Waals surface area contributed by atoms with E-state index in [1.165, 1.54) is 6.07 Å². The van der Waals surface area contributed by atoms with Crippen molar-refractivity contribution in [1.82, 2.24) is 15.5 Å². The molecule has 1 aromatic rings. The van der Waals surface area contributed by atoms with Gasteiger partial charge in [-0.25, -0.2) is 0 Å². The summed E-state index contributed by atoms with van der Waals surface area (Å²) >= 11 is 0. The highest BCUT2D eigenvalue weighted by Gasteiger charge is 2.31. The Morgan fingerprint density at radius 3 is 2.33 bits per heavy atom. The number of carbonyl (C=O) groups excluding carboxylic acids is 2. The van der Waals surface area contributed by atoms with Gasteiger partial charge in [0.05, 0.1) is 17.7 Å². The number of hydrogen-bond acceptors (Lipinski definition) is 4. The molecule has 0 spiro atoms. The van der Waals surface area contributed by atoms with Crippen molar-refractivity contribution >= 4 is 11.8 Å². The lowest BCUT2D eigenvalue weighted by molar-refractivity contribution is -0.137. The Kier molecular flexibility index (Phi) is 14.7. The fraction of sp³-hybridized carbons (Fsp3) is 0.704. The lowest BCUT2D eigenvalue weighted by Crippen LogP contribution is -2.49. The number of aliphatic hydroxyl groups is 1. The van der Waals surface area contributed by atoms with Crippen LogP contribution in [0.2, 0.25) is 0 Å². The Morgan fingerprint density at radius 1 is 1.08 bits per heavy atom. The lowest BCUT2D eigenvalue weighted by atomic mass is 9.98. The van der Waals surface area contributed by atoms with Crippen LogP contribution in [-0.4, -0.2) is 60.1 Å². The van der Waals surface area contributed by atoms with Crippen LogP contribution in [0.3, 0.4) is 0 Å². The molecule has 0 aliphatic rings. The van der Waals surface area contributed by atoms with E-state index in [1.807, 2.05) is 13.8 Å². The van der Waals surface area contributed by atoms with E-state index in [-0.39, 0.29) is 37.6 Å². The van der Waals surface area contributed by atoms with E-state index >= 15 is 0 Å². The molecule has 0 radical (unpaired) electrons. The molecule has 206 valence electrons. The van der Waals surface area contributed by atoms with E-state index in [1.54, 1.807) is 11.0 Å². The largest absolute Gasteiger partial charge is 0.416 e. The van der Waals surface area contributed by atoms with Crippen LogP contribution in [0.4, 0.5) is 13.2 Å². The zero-order valence-electron chi connectivity index (χ0n) is 22.2. The van der Waals surface area contributed by atoms with Gasteiger partial charge in [-0.05, 0) is 56.2 Å². The third kappa shape index (κ3) is 12.7. The van der Waals surface area contributed by atoms with Crippen LogP contribution in [0.5, 0.6) is 0 Å². The van der Waals surface area contributed by atoms with Gasteiger partial charge >= 0.3 is 6.18 Å². The maximum absolute atomic E-state index is 13.1. The van der Waals surface area contributed by atoms with Gasteiger partial charge in [-0.3, -0.25) is 9.59 Å². The molecule has 0 fully saturated rings. The minimum atomic E-state index is -4.47. The second kappa shape index (κ2) is 16.6. The van der Waals surface area contributed by atoms with E-state index in [0.29, 0.717) is 37.5 Å². The third-order valence-corrected chi connectivity index (χ3v) is 5.91. The summed E-state index contributed by atoms with van der Waals surface area (Å²) < 4.78 is 39.4. The van der Waals surface area contributed by atoms with Crippen LogP contribution in [-0.2, 0) is 22.2 Å². The minimum Gasteiger partial charge on any atom is -0.390 e. The number of carbonyl (C=O) groups is 2. The van der Waals surface area contributed by atoms with Crippen molar-refractivity contribution in [2.24, 2.45) is 5.92 Å². The van der Waals surface area contributed by atoms with Gasteiger partial charge in [0.2, 0.25) is 11.8 Å². The van der Waals surface area contributed by atoms with E-state index in [2.05, 4.69) is 24.5 Å².